The number of hydrogen-bond donors (Lipinski definition) is 0. The zero-order valence-electron chi connectivity index (χ0n) is 17.1. The first kappa shape index (κ1) is 19.0. The molecule has 3 heterocycles. The highest BCUT2D eigenvalue weighted by Crippen LogP contribution is 2.32. The van der Waals surface area contributed by atoms with E-state index in [1.54, 1.807) is 0 Å². The van der Waals surface area contributed by atoms with Crippen molar-refractivity contribution in [1.29, 1.82) is 0 Å². The first-order valence-electron chi connectivity index (χ1n) is 10.2. The lowest BCUT2D eigenvalue weighted by atomic mass is 10.1. The third-order valence-corrected chi connectivity index (χ3v) is 6.05. The van der Waals surface area contributed by atoms with Crippen LogP contribution >= 0.6 is 0 Å². The van der Waals surface area contributed by atoms with Gasteiger partial charge in [0.15, 0.2) is 0 Å². The summed E-state index contributed by atoms with van der Waals surface area (Å²) < 4.78 is 8.29. The lowest BCUT2D eigenvalue weighted by molar-refractivity contribution is -0.127. The van der Waals surface area contributed by atoms with E-state index in [1.807, 2.05) is 35.8 Å². The van der Waals surface area contributed by atoms with E-state index in [9.17, 15) is 9.59 Å². The van der Waals surface area contributed by atoms with Crippen LogP contribution in [0.1, 0.15) is 57.1 Å². The van der Waals surface area contributed by atoms with Crippen LogP contribution in [-0.4, -0.2) is 58.0 Å². The summed E-state index contributed by atoms with van der Waals surface area (Å²) >= 11 is 0. The minimum Gasteiger partial charge on any atom is -0.490 e. The number of likely N-dealkylation sites (tertiary alicyclic amines) is 1. The molecule has 2 aliphatic heterocycles. The molecule has 0 aliphatic carbocycles. The van der Waals surface area contributed by atoms with E-state index in [0.29, 0.717) is 18.3 Å². The minimum atomic E-state index is -0.217. The molecule has 6 heteroatoms. The number of fused-ring (bicyclic) bond motifs is 3. The zero-order chi connectivity index (χ0) is 20.0. The normalized spacial score (nSPS) is 21.4. The highest BCUT2D eigenvalue weighted by molar-refractivity contribution is 6.07. The van der Waals surface area contributed by atoms with Crippen molar-refractivity contribution in [3.63, 3.8) is 0 Å². The molecule has 0 spiro atoms. The van der Waals surface area contributed by atoms with E-state index in [2.05, 4.69) is 18.7 Å². The van der Waals surface area contributed by atoms with Gasteiger partial charge in [-0.2, -0.15) is 0 Å². The number of carbonyl (C=O) groups is 2. The second-order valence-corrected chi connectivity index (χ2v) is 8.35. The molecule has 28 heavy (non-hydrogen) atoms. The highest BCUT2D eigenvalue weighted by atomic mass is 16.5. The molecule has 4 rings (SSSR count). The fraction of sp³-hybridized carbons (Fsp3) is 0.545. The molecule has 0 radical (unpaired) electrons. The maximum absolute atomic E-state index is 12.7. The number of carbonyl (C=O) groups excluding carboxylic acids is 2. The number of ether oxygens (including phenoxy) is 1. The number of nitrogens with zero attached hydrogens (tertiary/aromatic N) is 3. The minimum absolute atomic E-state index is 0.0567. The Morgan fingerprint density at radius 2 is 1.89 bits per heavy atom. The molecular weight excluding hydrogens is 354 g/mol. The van der Waals surface area contributed by atoms with Crippen molar-refractivity contribution in [3.05, 3.63) is 30.0 Å². The first-order valence-corrected chi connectivity index (χ1v) is 10.2. The Hall–Kier alpha value is -2.34. The van der Waals surface area contributed by atoms with Crippen molar-refractivity contribution in [3.8, 4) is 5.75 Å². The summed E-state index contributed by atoms with van der Waals surface area (Å²) in [7, 11) is 0. The van der Waals surface area contributed by atoms with E-state index >= 15 is 0 Å². The van der Waals surface area contributed by atoms with Gasteiger partial charge < -0.3 is 14.2 Å². The van der Waals surface area contributed by atoms with Crippen LogP contribution in [0.3, 0.4) is 0 Å². The standard InChI is InChI=1S/C22H29N3O3/c1-14(2)23-9-7-18(8-10-23)28-19-5-6-20-17(11-19)12-21-22(27)24(16(4)26)13-15(3)25(20)21/h5-6,11-12,14-15,18H,7-10,13H2,1-4H3/t15-/m1/s1. The summed E-state index contributed by atoms with van der Waals surface area (Å²) in [5.74, 6) is 0.428. The van der Waals surface area contributed by atoms with Crippen LogP contribution < -0.4 is 4.74 Å². The lowest BCUT2D eigenvalue weighted by Crippen LogP contribution is -2.44. The smallest absolute Gasteiger partial charge is 0.277 e. The molecule has 2 aromatic rings. The van der Waals surface area contributed by atoms with Gasteiger partial charge in [-0.1, -0.05) is 0 Å². The number of hydrogen-bond acceptors (Lipinski definition) is 4. The second-order valence-electron chi connectivity index (χ2n) is 8.35. The fourth-order valence-corrected chi connectivity index (χ4v) is 4.47. The molecular formula is C22H29N3O3. The van der Waals surface area contributed by atoms with Crippen LogP contribution in [0, 0.1) is 0 Å². The van der Waals surface area contributed by atoms with Gasteiger partial charge in [-0.15, -0.1) is 0 Å². The Bertz CT molecular complexity index is 909. The lowest BCUT2D eigenvalue weighted by Gasteiger charge is -2.34. The van der Waals surface area contributed by atoms with Crippen molar-refractivity contribution in [2.45, 2.75) is 58.7 Å². The Morgan fingerprint density at radius 3 is 2.54 bits per heavy atom. The van der Waals surface area contributed by atoms with Gasteiger partial charge >= 0.3 is 0 Å². The third kappa shape index (κ3) is 3.30. The molecule has 0 unspecified atom stereocenters. The average molecular weight is 383 g/mol. The Morgan fingerprint density at radius 1 is 1.18 bits per heavy atom. The summed E-state index contributed by atoms with van der Waals surface area (Å²) in [6.07, 6.45) is 2.30. The maximum Gasteiger partial charge on any atom is 0.277 e. The SMILES string of the molecule is CC(=O)N1C[C@@H](C)n2c(cc3cc(OC4CCN(C(C)C)CC4)ccc32)C1=O. The van der Waals surface area contributed by atoms with E-state index < -0.39 is 0 Å². The predicted molar refractivity (Wildman–Crippen MR) is 109 cm³/mol. The van der Waals surface area contributed by atoms with Crippen LogP contribution in [0.4, 0.5) is 0 Å². The third-order valence-electron chi connectivity index (χ3n) is 6.05. The quantitative estimate of drug-likeness (QED) is 0.815. The number of piperidine rings is 1. The number of amides is 2. The molecule has 0 saturated carbocycles. The zero-order valence-corrected chi connectivity index (χ0v) is 17.1. The maximum atomic E-state index is 12.7. The van der Waals surface area contributed by atoms with Crippen molar-refractivity contribution in [2.75, 3.05) is 19.6 Å². The predicted octanol–water partition coefficient (Wildman–Crippen LogP) is 3.46. The molecule has 1 saturated heterocycles. The molecule has 1 aromatic heterocycles. The van der Waals surface area contributed by atoms with Crippen LogP contribution in [0.5, 0.6) is 5.75 Å². The van der Waals surface area contributed by atoms with Gasteiger partial charge in [0.05, 0.1) is 0 Å². The van der Waals surface area contributed by atoms with E-state index in [1.165, 1.54) is 11.8 Å². The van der Waals surface area contributed by atoms with Crippen molar-refractivity contribution in [1.82, 2.24) is 14.4 Å². The summed E-state index contributed by atoms with van der Waals surface area (Å²) in [5, 5.41) is 0.984. The van der Waals surface area contributed by atoms with Crippen LogP contribution in [0.25, 0.3) is 10.9 Å². The van der Waals surface area contributed by atoms with Crippen LogP contribution in [0.2, 0.25) is 0 Å². The van der Waals surface area contributed by atoms with Crippen molar-refractivity contribution < 1.29 is 14.3 Å². The Labute approximate surface area is 166 Å². The summed E-state index contributed by atoms with van der Waals surface area (Å²) in [4.78, 5) is 28.3. The molecule has 0 bridgehead atoms. The topological polar surface area (TPSA) is 54.8 Å². The highest BCUT2D eigenvalue weighted by Gasteiger charge is 2.32. The van der Waals surface area contributed by atoms with E-state index in [0.717, 1.165) is 42.6 Å². The molecule has 2 amide bonds. The summed E-state index contributed by atoms with van der Waals surface area (Å²) in [6, 6.07) is 8.58. The second kappa shape index (κ2) is 7.24. The largest absolute Gasteiger partial charge is 0.490 e. The molecule has 150 valence electrons. The average Bonchev–Trinajstić information content (AvgIpc) is 3.04. The van der Waals surface area contributed by atoms with Gasteiger partial charge in [0.1, 0.15) is 17.5 Å². The van der Waals surface area contributed by atoms with Gasteiger partial charge in [0.25, 0.3) is 5.91 Å². The first-order chi connectivity index (χ1) is 13.3. The number of aromatic nitrogens is 1. The van der Waals surface area contributed by atoms with Gasteiger partial charge in [-0.3, -0.25) is 14.5 Å². The summed E-state index contributed by atoms with van der Waals surface area (Å²) in [5.41, 5.74) is 1.59. The van der Waals surface area contributed by atoms with Gasteiger partial charge in [0, 0.05) is 49.5 Å². The monoisotopic (exact) mass is 383 g/mol. The molecule has 1 atom stereocenters. The number of rotatable bonds is 3. The Balaban J connectivity index is 1.56. The molecule has 0 N–H and O–H groups in total. The van der Waals surface area contributed by atoms with Gasteiger partial charge in [0.2, 0.25) is 5.91 Å². The van der Waals surface area contributed by atoms with E-state index in [-0.39, 0.29) is 24.0 Å². The van der Waals surface area contributed by atoms with Crippen molar-refractivity contribution >= 4 is 22.7 Å². The number of benzene rings is 1. The van der Waals surface area contributed by atoms with Crippen LogP contribution in [0.15, 0.2) is 24.3 Å². The van der Waals surface area contributed by atoms with Crippen molar-refractivity contribution in [2.24, 2.45) is 0 Å². The van der Waals surface area contributed by atoms with Crippen LogP contribution in [-0.2, 0) is 4.79 Å². The van der Waals surface area contributed by atoms with Gasteiger partial charge in [-0.25, -0.2) is 0 Å². The molecule has 6 nitrogen and oxygen atoms in total. The fourth-order valence-electron chi connectivity index (χ4n) is 4.47. The molecule has 2 aliphatic rings. The number of imide groups is 1. The molecule has 1 aromatic carbocycles. The molecule has 1 fully saturated rings. The summed E-state index contributed by atoms with van der Waals surface area (Å²) in [6.45, 7) is 10.5. The Kier molecular flexibility index (Phi) is 4.91. The van der Waals surface area contributed by atoms with E-state index in [4.69, 9.17) is 4.74 Å². The van der Waals surface area contributed by atoms with Gasteiger partial charge in [-0.05, 0) is 57.9 Å².